The van der Waals surface area contributed by atoms with Gasteiger partial charge in [0.2, 0.25) is 5.95 Å². The van der Waals surface area contributed by atoms with Gasteiger partial charge in [0.25, 0.3) is 0 Å². The summed E-state index contributed by atoms with van der Waals surface area (Å²) in [5.74, 6) is 0.537. The molecule has 3 rings (SSSR count). The molecule has 0 saturated heterocycles. The number of anilines is 2. The molecule has 140 valence electrons. The molecule has 3 aromatic rings. The van der Waals surface area contributed by atoms with Crippen molar-refractivity contribution >= 4 is 11.6 Å². The van der Waals surface area contributed by atoms with Crippen molar-refractivity contribution in [2.24, 2.45) is 0 Å². The first kappa shape index (κ1) is 18.6. The van der Waals surface area contributed by atoms with Crippen LogP contribution in [0.25, 0.3) is 11.3 Å². The van der Waals surface area contributed by atoms with Crippen LogP contribution in [-0.2, 0) is 6.54 Å². The average Bonchev–Trinajstić information content (AvgIpc) is 2.64. The molecular weight excluding hydrogens is 340 g/mol. The second-order valence-electron chi connectivity index (χ2n) is 6.61. The molecule has 1 N–H and O–H groups in total. The van der Waals surface area contributed by atoms with Crippen molar-refractivity contribution in [3.8, 4) is 11.3 Å². The van der Waals surface area contributed by atoms with E-state index in [9.17, 15) is 4.79 Å². The van der Waals surface area contributed by atoms with Crippen LogP contribution in [0.2, 0.25) is 0 Å². The maximum Gasteiger partial charge on any atom is 0.348 e. The number of aromatic nitrogens is 4. The van der Waals surface area contributed by atoms with Crippen molar-refractivity contribution in [2.75, 3.05) is 30.9 Å². The molecule has 0 spiro atoms. The van der Waals surface area contributed by atoms with Gasteiger partial charge in [-0.1, -0.05) is 12.1 Å². The zero-order chi connectivity index (χ0) is 19.4. The first-order chi connectivity index (χ1) is 12.9. The van der Waals surface area contributed by atoms with E-state index in [1.165, 1.54) is 0 Å². The van der Waals surface area contributed by atoms with Crippen LogP contribution >= 0.6 is 0 Å². The van der Waals surface area contributed by atoms with E-state index >= 15 is 0 Å². The molecule has 0 saturated carbocycles. The van der Waals surface area contributed by atoms with E-state index in [1.54, 1.807) is 10.8 Å². The van der Waals surface area contributed by atoms with Crippen LogP contribution in [-0.4, -0.2) is 40.2 Å². The minimum absolute atomic E-state index is 0.232. The Bertz CT molecular complexity index is 979. The van der Waals surface area contributed by atoms with E-state index in [4.69, 9.17) is 0 Å². The third-order valence-electron chi connectivity index (χ3n) is 4.30. The van der Waals surface area contributed by atoms with Gasteiger partial charge in [-0.15, -0.1) is 0 Å². The van der Waals surface area contributed by atoms with Gasteiger partial charge >= 0.3 is 5.69 Å². The molecule has 1 aromatic carbocycles. The van der Waals surface area contributed by atoms with Gasteiger partial charge in [0, 0.05) is 56.0 Å². The molecule has 0 radical (unpaired) electrons. The lowest BCUT2D eigenvalue weighted by molar-refractivity contribution is 0.646. The Morgan fingerprint density at radius 2 is 1.81 bits per heavy atom. The van der Waals surface area contributed by atoms with Crippen molar-refractivity contribution in [1.82, 2.24) is 19.5 Å². The highest BCUT2D eigenvalue weighted by Crippen LogP contribution is 2.21. The normalized spacial score (nSPS) is 10.7. The molecule has 7 heteroatoms. The van der Waals surface area contributed by atoms with Gasteiger partial charge in [0.15, 0.2) is 0 Å². The highest BCUT2D eigenvalue weighted by molar-refractivity contribution is 5.63. The number of rotatable bonds is 6. The molecule has 0 amide bonds. The minimum Gasteiger partial charge on any atom is -0.378 e. The van der Waals surface area contributed by atoms with Gasteiger partial charge in [0.05, 0.1) is 5.69 Å². The fourth-order valence-corrected chi connectivity index (χ4v) is 2.86. The monoisotopic (exact) mass is 364 g/mol. The molecule has 0 atom stereocenters. The number of benzene rings is 1. The number of hydrogen-bond acceptors (Lipinski definition) is 6. The predicted molar refractivity (Wildman–Crippen MR) is 108 cm³/mol. The molecule has 2 aromatic heterocycles. The maximum absolute atomic E-state index is 12.0. The highest BCUT2D eigenvalue weighted by atomic mass is 16.1. The Morgan fingerprint density at radius 3 is 2.48 bits per heavy atom. The summed E-state index contributed by atoms with van der Waals surface area (Å²) in [4.78, 5) is 26.9. The second kappa shape index (κ2) is 7.99. The van der Waals surface area contributed by atoms with Gasteiger partial charge in [0.1, 0.15) is 0 Å². The molecule has 0 bridgehead atoms. The van der Waals surface area contributed by atoms with Crippen LogP contribution in [0.4, 0.5) is 11.6 Å². The summed E-state index contributed by atoms with van der Waals surface area (Å²) in [5.41, 5.74) is 4.41. The van der Waals surface area contributed by atoms with E-state index in [0.29, 0.717) is 19.0 Å². The molecule has 27 heavy (non-hydrogen) atoms. The Morgan fingerprint density at radius 1 is 1.07 bits per heavy atom. The number of nitrogens with zero attached hydrogens (tertiary/aromatic N) is 5. The largest absolute Gasteiger partial charge is 0.378 e. The Labute approximate surface area is 158 Å². The smallest absolute Gasteiger partial charge is 0.348 e. The van der Waals surface area contributed by atoms with Gasteiger partial charge < -0.3 is 10.2 Å². The molecule has 0 aliphatic heterocycles. The SMILES string of the molecule is Cc1cc(C)n(CCNc2nccc(-c3ccc(N(C)C)cc3)n2)c(=O)n1. The van der Waals surface area contributed by atoms with Crippen molar-refractivity contribution in [2.45, 2.75) is 20.4 Å². The fourth-order valence-electron chi connectivity index (χ4n) is 2.86. The van der Waals surface area contributed by atoms with E-state index in [2.05, 4.69) is 37.3 Å². The Hall–Kier alpha value is -3.22. The number of hydrogen-bond donors (Lipinski definition) is 1. The molecule has 0 aliphatic carbocycles. The zero-order valence-electron chi connectivity index (χ0n) is 16.1. The molecular formula is C20H24N6O. The third kappa shape index (κ3) is 4.49. The summed E-state index contributed by atoms with van der Waals surface area (Å²) in [6.45, 7) is 4.77. The van der Waals surface area contributed by atoms with Gasteiger partial charge in [-0.25, -0.2) is 14.8 Å². The first-order valence-electron chi connectivity index (χ1n) is 8.84. The molecule has 0 unspecified atom stereocenters. The molecule has 7 nitrogen and oxygen atoms in total. The van der Waals surface area contributed by atoms with Gasteiger partial charge in [-0.2, -0.15) is 4.98 Å². The lowest BCUT2D eigenvalue weighted by Gasteiger charge is -2.13. The summed E-state index contributed by atoms with van der Waals surface area (Å²) in [6, 6.07) is 12.0. The predicted octanol–water partition coefficient (Wildman–Crippen LogP) is 2.50. The van der Waals surface area contributed by atoms with Crippen LogP contribution in [0.15, 0.2) is 47.4 Å². The van der Waals surface area contributed by atoms with Crippen LogP contribution < -0.4 is 15.9 Å². The maximum atomic E-state index is 12.0. The molecule has 0 aliphatic rings. The highest BCUT2D eigenvalue weighted by Gasteiger charge is 2.05. The van der Waals surface area contributed by atoms with Crippen molar-refractivity contribution in [3.05, 3.63) is 64.5 Å². The summed E-state index contributed by atoms with van der Waals surface area (Å²) < 4.78 is 1.64. The van der Waals surface area contributed by atoms with E-state index in [1.807, 2.05) is 52.2 Å². The van der Waals surface area contributed by atoms with Crippen LogP contribution in [0.1, 0.15) is 11.4 Å². The Kier molecular flexibility index (Phi) is 5.49. The van der Waals surface area contributed by atoms with Crippen molar-refractivity contribution < 1.29 is 0 Å². The minimum atomic E-state index is -0.232. The third-order valence-corrected chi connectivity index (χ3v) is 4.30. The quantitative estimate of drug-likeness (QED) is 0.724. The topological polar surface area (TPSA) is 75.9 Å². The molecule has 2 heterocycles. The Balaban J connectivity index is 1.69. The van der Waals surface area contributed by atoms with Gasteiger partial charge in [-0.05, 0) is 38.1 Å². The van der Waals surface area contributed by atoms with E-state index < -0.39 is 0 Å². The second-order valence-corrected chi connectivity index (χ2v) is 6.61. The van der Waals surface area contributed by atoms with Crippen molar-refractivity contribution in [3.63, 3.8) is 0 Å². The van der Waals surface area contributed by atoms with E-state index in [-0.39, 0.29) is 5.69 Å². The number of nitrogens with one attached hydrogen (secondary N) is 1. The van der Waals surface area contributed by atoms with E-state index in [0.717, 1.165) is 28.3 Å². The average molecular weight is 364 g/mol. The summed E-state index contributed by atoms with van der Waals surface area (Å²) in [5, 5.41) is 3.18. The summed E-state index contributed by atoms with van der Waals surface area (Å²) in [7, 11) is 4.02. The lowest BCUT2D eigenvalue weighted by atomic mass is 10.1. The van der Waals surface area contributed by atoms with Gasteiger partial charge in [-0.3, -0.25) is 4.57 Å². The first-order valence-corrected chi connectivity index (χ1v) is 8.84. The van der Waals surface area contributed by atoms with Crippen molar-refractivity contribution in [1.29, 1.82) is 0 Å². The van der Waals surface area contributed by atoms with Crippen LogP contribution in [0.5, 0.6) is 0 Å². The zero-order valence-corrected chi connectivity index (χ0v) is 16.1. The van der Waals surface area contributed by atoms with Crippen LogP contribution in [0.3, 0.4) is 0 Å². The summed E-state index contributed by atoms with van der Waals surface area (Å²) in [6.07, 6.45) is 1.73. The lowest BCUT2D eigenvalue weighted by Crippen LogP contribution is -2.28. The van der Waals surface area contributed by atoms with Crippen LogP contribution in [0, 0.1) is 13.8 Å². The number of aryl methyl sites for hydroxylation is 2. The summed E-state index contributed by atoms with van der Waals surface area (Å²) >= 11 is 0. The molecule has 0 fully saturated rings. The fraction of sp³-hybridized carbons (Fsp3) is 0.300. The standard InChI is InChI=1S/C20H24N6O/c1-14-13-15(2)26(20(27)23-14)12-11-22-19-21-10-9-18(24-19)16-5-7-17(8-6-16)25(3)4/h5-10,13H,11-12H2,1-4H3,(H,21,22,24).